The predicted octanol–water partition coefficient (Wildman–Crippen LogP) is 3.72. The van der Waals surface area contributed by atoms with E-state index in [9.17, 15) is 17.6 Å². The third kappa shape index (κ3) is 5.70. The van der Waals surface area contributed by atoms with Gasteiger partial charge in [-0.1, -0.05) is 12.1 Å². The largest absolute Gasteiger partial charge is 0.377 e. The number of hydrogen-bond acceptors (Lipinski definition) is 5. The van der Waals surface area contributed by atoms with Crippen LogP contribution >= 0.6 is 11.8 Å². The molecule has 1 aliphatic heterocycles. The Kier molecular flexibility index (Phi) is 6.58. The fraction of sp³-hybridized carbons (Fsp3) is 0.316. The van der Waals surface area contributed by atoms with Gasteiger partial charge in [0.1, 0.15) is 5.82 Å². The first kappa shape index (κ1) is 20.6. The second kappa shape index (κ2) is 8.93. The molecule has 150 valence electrons. The summed E-state index contributed by atoms with van der Waals surface area (Å²) in [7, 11) is -3.64. The molecule has 1 aliphatic rings. The topological polar surface area (TPSA) is 84.5 Å². The fourth-order valence-corrected chi connectivity index (χ4v) is 4.49. The summed E-state index contributed by atoms with van der Waals surface area (Å²) in [5, 5.41) is 2.69. The molecule has 0 bridgehead atoms. The lowest BCUT2D eigenvalue weighted by atomic mass is 10.2. The number of thioether (sulfide) groups is 1. The lowest BCUT2D eigenvalue weighted by Crippen LogP contribution is -2.15. The van der Waals surface area contributed by atoms with Crippen molar-refractivity contribution in [3.05, 3.63) is 53.8 Å². The molecule has 3 rings (SSSR count). The summed E-state index contributed by atoms with van der Waals surface area (Å²) in [6, 6.07) is 10.9. The minimum Gasteiger partial charge on any atom is -0.377 e. The molecule has 1 fully saturated rings. The van der Waals surface area contributed by atoms with Crippen molar-refractivity contribution in [3.8, 4) is 0 Å². The number of benzene rings is 2. The van der Waals surface area contributed by atoms with Gasteiger partial charge in [-0.25, -0.2) is 12.8 Å². The van der Waals surface area contributed by atoms with Crippen molar-refractivity contribution in [1.82, 2.24) is 0 Å². The summed E-state index contributed by atoms with van der Waals surface area (Å²) >= 11 is 1.56. The molecule has 0 radical (unpaired) electrons. The van der Waals surface area contributed by atoms with Crippen LogP contribution in [0, 0.1) is 5.82 Å². The molecule has 0 saturated carbocycles. The zero-order valence-corrected chi connectivity index (χ0v) is 16.9. The Morgan fingerprint density at radius 1 is 1.29 bits per heavy atom. The van der Waals surface area contributed by atoms with Gasteiger partial charge in [-0.3, -0.25) is 9.52 Å². The normalized spacial score (nSPS) is 16.7. The Balaban J connectivity index is 1.73. The third-order valence-electron chi connectivity index (χ3n) is 4.10. The van der Waals surface area contributed by atoms with Crippen LogP contribution in [0.4, 0.5) is 15.8 Å². The highest BCUT2D eigenvalue weighted by Crippen LogP contribution is 2.28. The zero-order valence-electron chi connectivity index (χ0n) is 15.3. The molecule has 9 heteroatoms. The molecule has 1 amide bonds. The van der Waals surface area contributed by atoms with Crippen LogP contribution in [0.15, 0.2) is 47.4 Å². The third-order valence-corrected chi connectivity index (χ3v) is 5.90. The van der Waals surface area contributed by atoms with E-state index in [1.807, 2.05) is 12.1 Å². The SMILES string of the molecule is CS(=O)(=O)Nc1cc(NC(=O)c2ccccc2SCC2CCCO2)ccc1F. The molecule has 2 aromatic rings. The second-order valence-electron chi connectivity index (χ2n) is 6.47. The van der Waals surface area contributed by atoms with E-state index in [0.29, 0.717) is 5.56 Å². The summed E-state index contributed by atoms with van der Waals surface area (Å²) in [5.41, 5.74) is 0.560. The summed E-state index contributed by atoms with van der Waals surface area (Å²) in [6.45, 7) is 0.780. The minimum absolute atomic E-state index is 0.197. The lowest BCUT2D eigenvalue weighted by Gasteiger charge is -2.13. The van der Waals surface area contributed by atoms with Crippen molar-refractivity contribution >= 4 is 39.1 Å². The Bertz CT molecular complexity index is 960. The molecule has 6 nitrogen and oxygen atoms in total. The monoisotopic (exact) mass is 424 g/mol. The summed E-state index contributed by atoms with van der Waals surface area (Å²) in [5.74, 6) is -0.313. The maximum atomic E-state index is 13.8. The van der Waals surface area contributed by atoms with Crippen LogP contribution in [0.5, 0.6) is 0 Å². The van der Waals surface area contributed by atoms with E-state index in [2.05, 4.69) is 10.0 Å². The number of ether oxygens (including phenoxy) is 1. The van der Waals surface area contributed by atoms with Gasteiger partial charge in [0.15, 0.2) is 0 Å². The van der Waals surface area contributed by atoms with Crippen LogP contribution in [0.25, 0.3) is 0 Å². The van der Waals surface area contributed by atoms with Crippen molar-refractivity contribution in [1.29, 1.82) is 0 Å². The Morgan fingerprint density at radius 2 is 2.07 bits per heavy atom. The molecule has 0 spiro atoms. The van der Waals surface area contributed by atoms with Gasteiger partial charge in [-0.15, -0.1) is 11.8 Å². The van der Waals surface area contributed by atoms with E-state index in [-0.39, 0.29) is 23.4 Å². The van der Waals surface area contributed by atoms with Crippen LogP contribution in [0.1, 0.15) is 23.2 Å². The average Bonchev–Trinajstić information content (AvgIpc) is 3.15. The van der Waals surface area contributed by atoms with E-state index in [1.54, 1.807) is 23.9 Å². The summed E-state index contributed by atoms with van der Waals surface area (Å²) in [4.78, 5) is 13.6. The maximum Gasteiger partial charge on any atom is 0.256 e. The number of carbonyl (C=O) groups is 1. The number of carbonyl (C=O) groups excluding carboxylic acids is 1. The van der Waals surface area contributed by atoms with E-state index in [4.69, 9.17) is 4.74 Å². The van der Waals surface area contributed by atoms with Crippen molar-refractivity contribution < 1.29 is 22.3 Å². The van der Waals surface area contributed by atoms with Crippen LogP contribution in [-0.4, -0.2) is 39.0 Å². The molecule has 1 unspecified atom stereocenters. The average molecular weight is 425 g/mol. The van der Waals surface area contributed by atoms with Gasteiger partial charge < -0.3 is 10.1 Å². The highest BCUT2D eigenvalue weighted by molar-refractivity contribution is 7.99. The molecule has 1 saturated heterocycles. The highest BCUT2D eigenvalue weighted by atomic mass is 32.2. The highest BCUT2D eigenvalue weighted by Gasteiger charge is 2.18. The van der Waals surface area contributed by atoms with Gasteiger partial charge in [-0.2, -0.15) is 0 Å². The molecule has 2 aromatic carbocycles. The number of hydrogen-bond donors (Lipinski definition) is 2. The molecular weight excluding hydrogens is 403 g/mol. The number of rotatable bonds is 7. The first-order valence-electron chi connectivity index (χ1n) is 8.74. The molecular formula is C19H21FN2O4S2. The van der Waals surface area contributed by atoms with Gasteiger partial charge in [0.05, 0.1) is 23.6 Å². The number of nitrogens with one attached hydrogen (secondary N) is 2. The molecule has 28 heavy (non-hydrogen) atoms. The van der Waals surface area contributed by atoms with Crippen molar-refractivity contribution in [2.75, 3.05) is 28.7 Å². The van der Waals surface area contributed by atoms with E-state index in [0.717, 1.165) is 42.4 Å². The van der Waals surface area contributed by atoms with E-state index < -0.39 is 15.8 Å². The minimum atomic E-state index is -3.64. The van der Waals surface area contributed by atoms with Gasteiger partial charge in [-0.05, 0) is 43.2 Å². The van der Waals surface area contributed by atoms with Crippen LogP contribution in [-0.2, 0) is 14.8 Å². The molecule has 2 N–H and O–H groups in total. The Labute approximate surface area is 167 Å². The van der Waals surface area contributed by atoms with Gasteiger partial charge in [0, 0.05) is 22.9 Å². The number of amides is 1. The molecule has 0 aromatic heterocycles. The van der Waals surface area contributed by atoms with Crippen molar-refractivity contribution in [2.24, 2.45) is 0 Å². The van der Waals surface area contributed by atoms with E-state index >= 15 is 0 Å². The van der Waals surface area contributed by atoms with E-state index in [1.165, 1.54) is 12.1 Å². The van der Waals surface area contributed by atoms with Crippen LogP contribution < -0.4 is 10.0 Å². The number of halogens is 1. The Hall–Kier alpha value is -2.10. The lowest BCUT2D eigenvalue weighted by molar-refractivity contribution is 0.102. The van der Waals surface area contributed by atoms with Gasteiger partial charge in [0.2, 0.25) is 10.0 Å². The smallest absolute Gasteiger partial charge is 0.256 e. The van der Waals surface area contributed by atoms with Crippen molar-refractivity contribution in [2.45, 2.75) is 23.8 Å². The number of sulfonamides is 1. The van der Waals surface area contributed by atoms with Gasteiger partial charge in [0.25, 0.3) is 5.91 Å². The maximum absolute atomic E-state index is 13.8. The van der Waals surface area contributed by atoms with Crippen LogP contribution in [0.2, 0.25) is 0 Å². The molecule has 1 heterocycles. The first-order chi connectivity index (χ1) is 13.3. The predicted molar refractivity (Wildman–Crippen MR) is 109 cm³/mol. The second-order valence-corrected chi connectivity index (χ2v) is 9.28. The fourth-order valence-electron chi connectivity index (χ4n) is 2.82. The van der Waals surface area contributed by atoms with Gasteiger partial charge >= 0.3 is 0 Å². The quantitative estimate of drug-likeness (QED) is 0.662. The summed E-state index contributed by atoms with van der Waals surface area (Å²) in [6.07, 6.45) is 3.21. The number of anilines is 2. The first-order valence-corrected chi connectivity index (χ1v) is 11.6. The Morgan fingerprint density at radius 3 is 2.79 bits per heavy atom. The van der Waals surface area contributed by atoms with Crippen molar-refractivity contribution in [3.63, 3.8) is 0 Å². The molecule has 0 aliphatic carbocycles. The summed E-state index contributed by atoms with van der Waals surface area (Å²) < 4.78 is 44.2. The molecule has 1 atom stereocenters. The zero-order chi connectivity index (χ0) is 20.1. The van der Waals surface area contributed by atoms with Crippen LogP contribution in [0.3, 0.4) is 0 Å². The standard InChI is InChI=1S/C19H21FN2O4S2/c1-28(24,25)22-17-11-13(8-9-16(17)20)21-19(23)15-6-2-3-7-18(15)27-12-14-5-4-10-26-14/h2-3,6-9,11,14,22H,4-5,10,12H2,1H3,(H,21,23).